The lowest BCUT2D eigenvalue weighted by Crippen LogP contribution is -2.19. The summed E-state index contributed by atoms with van der Waals surface area (Å²) in [7, 11) is 0. The molecule has 21 heavy (non-hydrogen) atoms. The summed E-state index contributed by atoms with van der Waals surface area (Å²) >= 11 is 0. The zero-order chi connectivity index (χ0) is 15.6. The maximum atomic E-state index is 12.4. The normalized spacial score (nSPS) is 11.2. The molecule has 1 aromatic carbocycles. The molecule has 0 aliphatic rings. The molecule has 0 fully saturated rings. The molecule has 0 atom stereocenters. The van der Waals surface area contributed by atoms with Gasteiger partial charge < -0.3 is 11.1 Å². The van der Waals surface area contributed by atoms with E-state index in [1.54, 1.807) is 12.1 Å². The number of nitrogens with two attached hydrogens (primary N) is 1. The number of anilines is 2. The van der Waals surface area contributed by atoms with Crippen molar-refractivity contribution >= 4 is 17.4 Å². The van der Waals surface area contributed by atoms with Crippen LogP contribution in [0.2, 0.25) is 0 Å². The summed E-state index contributed by atoms with van der Waals surface area (Å²) in [5, 5.41) is 2.97. The quantitative estimate of drug-likeness (QED) is 0.886. The Labute approximate surface area is 125 Å². The van der Waals surface area contributed by atoms with Crippen LogP contribution in [0.15, 0.2) is 36.4 Å². The number of aryl methyl sites for hydroxylation is 1. The molecule has 0 spiro atoms. The van der Waals surface area contributed by atoms with Gasteiger partial charge in [-0.15, -0.1) is 0 Å². The van der Waals surface area contributed by atoms with Crippen molar-refractivity contribution in [2.24, 2.45) is 0 Å². The lowest BCUT2D eigenvalue weighted by Gasteiger charge is -2.23. The van der Waals surface area contributed by atoms with Crippen LogP contribution in [0.4, 0.5) is 11.5 Å². The van der Waals surface area contributed by atoms with Crippen molar-refractivity contribution < 1.29 is 4.79 Å². The molecule has 110 valence electrons. The second kappa shape index (κ2) is 5.56. The van der Waals surface area contributed by atoms with E-state index in [2.05, 4.69) is 31.1 Å². The Morgan fingerprint density at radius 3 is 2.48 bits per heavy atom. The van der Waals surface area contributed by atoms with Crippen LogP contribution < -0.4 is 11.1 Å². The van der Waals surface area contributed by atoms with E-state index < -0.39 is 0 Å². The first-order valence-corrected chi connectivity index (χ1v) is 6.92. The monoisotopic (exact) mass is 283 g/mol. The number of carbonyl (C=O) groups excluding carboxylic acids is 1. The molecule has 1 aromatic heterocycles. The molecule has 0 unspecified atom stereocenters. The SMILES string of the molecule is Cc1cc(C(=O)Nc2ccccc2C(C)(C)C)cc(N)n1. The number of rotatable bonds is 2. The standard InChI is InChI=1S/C17H21N3O/c1-11-9-12(10-15(18)19-11)16(21)20-14-8-6-5-7-13(14)17(2,3)4/h5-10H,1-4H3,(H2,18,19)(H,20,21). The van der Waals surface area contributed by atoms with Crippen LogP contribution in [0.1, 0.15) is 42.4 Å². The summed E-state index contributed by atoms with van der Waals surface area (Å²) in [5.41, 5.74) is 8.81. The van der Waals surface area contributed by atoms with Gasteiger partial charge in [0.25, 0.3) is 5.91 Å². The highest BCUT2D eigenvalue weighted by Crippen LogP contribution is 2.29. The van der Waals surface area contributed by atoms with Crippen molar-refractivity contribution in [1.29, 1.82) is 0 Å². The molecule has 0 aliphatic carbocycles. The van der Waals surface area contributed by atoms with Gasteiger partial charge in [-0.2, -0.15) is 0 Å². The second-order valence-electron chi connectivity index (χ2n) is 6.17. The first-order chi connectivity index (χ1) is 9.77. The van der Waals surface area contributed by atoms with E-state index in [-0.39, 0.29) is 11.3 Å². The molecular weight excluding hydrogens is 262 g/mol. The lowest BCUT2D eigenvalue weighted by molar-refractivity contribution is 0.102. The maximum absolute atomic E-state index is 12.4. The second-order valence-corrected chi connectivity index (χ2v) is 6.17. The molecule has 0 bridgehead atoms. The topological polar surface area (TPSA) is 68.0 Å². The van der Waals surface area contributed by atoms with Gasteiger partial charge in [0.05, 0.1) is 0 Å². The summed E-state index contributed by atoms with van der Waals surface area (Å²) in [4.78, 5) is 16.5. The van der Waals surface area contributed by atoms with E-state index in [9.17, 15) is 4.79 Å². The van der Waals surface area contributed by atoms with Gasteiger partial charge in [-0.25, -0.2) is 4.98 Å². The molecule has 0 aliphatic heterocycles. The number of hydrogen-bond acceptors (Lipinski definition) is 3. The van der Waals surface area contributed by atoms with Crippen molar-refractivity contribution in [3.05, 3.63) is 53.2 Å². The number of carbonyl (C=O) groups is 1. The minimum Gasteiger partial charge on any atom is -0.384 e. The van der Waals surface area contributed by atoms with Crippen LogP contribution in [-0.2, 0) is 5.41 Å². The van der Waals surface area contributed by atoms with Crippen molar-refractivity contribution in [2.45, 2.75) is 33.1 Å². The van der Waals surface area contributed by atoms with Gasteiger partial charge >= 0.3 is 0 Å². The third-order valence-corrected chi connectivity index (χ3v) is 3.22. The number of benzene rings is 1. The number of pyridine rings is 1. The molecule has 2 aromatic rings. The highest BCUT2D eigenvalue weighted by Gasteiger charge is 2.19. The summed E-state index contributed by atoms with van der Waals surface area (Å²) in [6.45, 7) is 8.17. The van der Waals surface area contributed by atoms with Crippen molar-refractivity contribution in [3.63, 3.8) is 0 Å². The van der Waals surface area contributed by atoms with Crippen LogP contribution in [0.5, 0.6) is 0 Å². The number of nitrogens with zero attached hydrogens (tertiary/aromatic N) is 1. The zero-order valence-electron chi connectivity index (χ0n) is 12.9. The van der Waals surface area contributed by atoms with E-state index in [0.717, 1.165) is 16.9 Å². The molecule has 1 heterocycles. The molecule has 0 saturated heterocycles. The van der Waals surface area contributed by atoms with Gasteiger partial charge in [0.2, 0.25) is 0 Å². The largest absolute Gasteiger partial charge is 0.384 e. The molecule has 4 nitrogen and oxygen atoms in total. The van der Waals surface area contributed by atoms with Crippen LogP contribution in [0.3, 0.4) is 0 Å². The van der Waals surface area contributed by atoms with E-state index in [0.29, 0.717) is 11.4 Å². The van der Waals surface area contributed by atoms with Gasteiger partial charge in [0, 0.05) is 16.9 Å². The summed E-state index contributed by atoms with van der Waals surface area (Å²) in [6, 6.07) is 11.1. The minimum absolute atomic E-state index is 0.0446. The molecule has 1 amide bonds. The molecule has 2 rings (SSSR count). The van der Waals surface area contributed by atoms with Crippen LogP contribution in [-0.4, -0.2) is 10.9 Å². The number of nitrogens with one attached hydrogen (secondary N) is 1. The zero-order valence-corrected chi connectivity index (χ0v) is 12.9. The Morgan fingerprint density at radius 1 is 1.19 bits per heavy atom. The number of hydrogen-bond donors (Lipinski definition) is 2. The fourth-order valence-electron chi connectivity index (χ4n) is 2.27. The highest BCUT2D eigenvalue weighted by molar-refractivity contribution is 6.05. The number of para-hydroxylation sites is 1. The van der Waals surface area contributed by atoms with E-state index in [4.69, 9.17) is 5.73 Å². The number of amides is 1. The fourth-order valence-corrected chi connectivity index (χ4v) is 2.27. The number of nitrogen functional groups attached to an aromatic ring is 1. The predicted molar refractivity (Wildman–Crippen MR) is 86.5 cm³/mol. The van der Waals surface area contributed by atoms with Gasteiger partial charge in [0.15, 0.2) is 0 Å². The van der Waals surface area contributed by atoms with Gasteiger partial charge in [-0.05, 0) is 36.1 Å². The highest BCUT2D eigenvalue weighted by atomic mass is 16.1. The molecule has 0 radical (unpaired) electrons. The average Bonchev–Trinajstić information content (AvgIpc) is 2.37. The number of aromatic nitrogens is 1. The lowest BCUT2D eigenvalue weighted by atomic mass is 9.86. The predicted octanol–water partition coefficient (Wildman–Crippen LogP) is 3.52. The van der Waals surface area contributed by atoms with Gasteiger partial charge in [-0.1, -0.05) is 39.0 Å². The first-order valence-electron chi connectivity index (χ1n) is 6.92. The van der Waals surface area contributed by atoms with Crippen molar-refractivity contribution in [1.82, 2.24) is 4.98 Å². The van der Waals surface area contributed by atoms with Crippen LogP contribution in [0.25, 0.3) is 0 Å². The first kappa shape index (κ1) is 15.0. The van der Waals surface area contributed by atoms with E-state index >= 15 is 0 Å². The van der Waals surface area contributed by atoms with Gasteiger partial charge in [0.1, 0.15) is 5.82 Å². The fraction of sp³-hybridized carbons (Fsp3) is 0.294. The van der Waals surface area contributed by atoms with E-state index in [1.165, 1.54) is 0 Å². The molecule has 4 heteroatoms. The Kier molecular flexibility index (Phi) is 3.98. The van der Waals surface area contributed by atoms with Crippen LogP contribution in [0, 0.1) is 6.92 Å². The Hall–Kier alpha value is -2.36. The molecular formula is C17H21N3O. The summed E-state index contributed by atoms with van der Waals surface area (Å²) in [5.74, 6) is 0.174. The third kappa shape index (κ3) is 3.60. The van der Waals surface area contributed by atoms with Crippen molar-refractivity contribution in [3.8, 4) is 0 Å². The summed E-state index contributed by atoms with van der Waals surface area (Å²) < 4.78 is 0. The Morgan fingerprint density at radius 2 is 1.86 bits per heavy atom. The average molecular weight is 283 g/mol. The summed E-state index contributed by atoms with van der Waals surface area (Å²) in [6.07, 6.45) is 0. The molecule has 3 N–H and O–H groups in total. The third-order valence-electron chi connectivity index (χ3n) is 3.22. The van der Waals surface area contributed by atoms with Crippen molar-refractivity contribution in [2.75, 3.05) is 11.1 Å². The van der Waals surface area contributed by atoms with Gasteiger partial charge in [-0.3, -0.25) is 4.79 Å². The Bertz CT molecular complexity index is 652. The maximum Gasteiger partial charge on any atom is 0.255 e. The van der Waals surface area contributed by atoms with Crippen LogP contribution >= 0.6 is 0 Å². The minimum atomic E-state index is -0.177. The smallest absolute Gasteiger partial charge is 0.255 e. The van der Waals surface area contributed by atoms with E-state index in [1.807, 2.05) is 31.2 Å². The molecule has 0 saturated carbocycles. The Balaban J connectivity index is 2.32.